The number of ether oxygens (including phenoxy) is 1. The Morgan fingerprint density at radius 2 is 1.85 bits per heavy atom. The SMILES string of the molecule is Cc1cccc(-n2nc(C(C)(C)C)c3c2N(CC(=O)N2CCOCC2)C(=O)CSC3c2cccc(Cl)c2)c1C. The molecule has 0 aliphatic carbocycles. The van der Waals surface area contributed by atoms with Crippen LogP contribution in [0.15, 0.2) is 42.5 Å². The minimum atomic E-state index is -0.322. The lowest BCUT2D eigenvalue weighted by molar-refractivity contribution is -0.134. The van der Waals surface area contributed by atoms with Crippen molar-refractivity contribution < 1.29 is 14.3 Å². The summed E-state index contributed by atoms with van der Waals surface area (Å²) in [6.45, 7) is 12.6. The Hall–Kier alpha value is -2.81. The van der Waals surface area contributed by atoms with Gasteiger partial charge in [0.25, 0.3) is 0 Å². The van der Waals surface area contributed by atoms with Crippen LogP contribution in [0.1, 0.15) is 54.0 Å². The molecule has 0 radical (unpaired) electrons. The average Bonchev–Trinajstić information content (AvgIpc) is 3.23. The first-order valence-corrected chi connectivity index (χ1v) is 14.7. The molecule has 9 heteroatoms. The highest BCUT2D eigenvalue weighted by Gasteiger charge is 2.40. The molecule has 0 spiro atoms. The summed E-state index contributed by atoms with van der Waals surface area (Å²) in [7, 11) is 0. The summed E-state index contributed by atoms with van der Waals surface area (Å²) in [6, 6.07) is 13.9. The molecule has 5 rings (SSSR count). The van der Waals surface area contributed by atoms with Gasteiger partial charge < -0.3 is 9.64 Å². The fourth-order valence-corrected chi connectivity index (χ4v) is 6.57. The predicted octanol–water partition coefficient (Wildman–Crippen LogP) is 5.47. The van der Waals surface area contributed by atoms with Crippen molar-refractivity contribution in [3.63, 3.8) is 0 Å². The van der Waals surface area contributed by atoms with E-state index in [9.17, 15) is 9.59 Å². The predicted molar refractivity (Wildman–Crippen MR) is 157 cm³/mol. The van der Waals surface area contributed by atoms with Crippen molar-refractivity contribution in [2.24, 2.45) is 0 Å². The number of halogens is 1. The smallest absolute Gasteiger partial charge is 0.242 e. The fraction of sp³-hybridized carbons (Fsp3) is 0.433. The van der Waals surface area contributed by atoms with Crippen LogP contribution in [0, 0.1) is 13.8 Å². The van der Waals surface area contributed by atoms with Crippen LogP contribution in [0.3, 0.4) is 0 Å². The molecule has 7 nitrogen and oxygen atoms in total. The summed E-state index contributed by atoms with van der Waals surface area (Å²) < 4.78 is 7.34. The molecular weight excluding hydrogens is 532 g/mol. The van der Waals surface area contributed by atoms with Crippen LogP contribution < -0.4 is 4.90 Å². The van der Waals surface area contributed by atoms with Gasteiger partial charge in [0, 0.05) is 29.1 Å². The molecule has 3 heterocycles. The Labute approximate surface area is 239 Å². The molecule has 2 aliphatic heterocycles. The third-order valence-electron chi connectivity index (χ3n) is 7.41. The van der Waals surface area contributed by atoms with Gasteiger partial charge in [-0.1, -0.05) is 56.6 Å². The van der Waals surface area contributed by atoms with Crippen molar-refractivity contribution in [3.05, 3.63) is 75.4 Å². The van der Waals surface area contributed by atoms with Crippen molar-refractivity contribution >= 4 is 41.0 Å². The zero-order valence-electron chi connectivity index (χ0n) is 23.2. The van der Waals surface area contributed by atoms with E-state index in [-0.39, 0.29) is 34.8 Å². The van der Waals surface area contributed by atoms with E-state index >= 15 is 0 Å². The molecule has 1 unspecified atom stereocenters. The molecule has 3 aromatic rings. The van der Waals surface area contributed by atoms with Crippen LogP contribution in [-0.2, 0) is 19.7 Å². The standard InChI is InChI=1S/C30H35ClN4O3S/c1-19-8-6-11-23(20(19)2)35-29-26(28(32-35)30(3,4)5)27(21-9-7-10-22(31)16-21)39-18-25(37)34(29)17-24(36)33-12-14-38-15-13-33/h6-11,16,27H,12-15,17-18H2,1-5H3. The van der Waals surface area contributed by atoms with Gasteiger partial charge in [0.2, 0.25) is 11.8 Å². The van der Waals surface area contributed by atoms with E-state index in [1.54, 1.807) is 21.6 Å². The maximum atomic E-state index is 13.9. The molecule has 0 bridgehead atoms. The van der Waals surface area contributed by atoms with E-state index in [1.807, 2.05) is 41.1 Å². The minimum Gasteiger partial charge on any atom is -0.378 e. The van der Waals surface area contributed by atoms with E-state index in [2.05, 4.69) is 40.7 Å². The highest BCUT2D eigenvalue weighted by molar-refractivity contribution is 8.00. The van der Waals surface area contributed by atoms with Crippen LogP contribution in [-0.4, -0.2) is 65.1 Å². The molecule has 1 fully saturated rings. The summed E-state index contributed by atoms with van der Waals surface area (Å²) in [6.07, 6.45) is 0. The molecule has 1 aromatic heterocycles. The molecular formula is C30H35ClN4O3S. The summed E-state index contributed by atoms with van der Waals surface area (Å²) >= 11 is 8.01. The number of hydrogen-bond acceptors (Lipinski definition) is 5. The summed E-state index contributed by atoms with van der Waals surface area (Å²) in [5.41, 5.74) is 5.64. The van der Waals surface area contributed by atoms with Gasteiger partial charge in [-0.25, -0.2) is 4.68 Å². The van der Waals surface area contributed by atoms with E-state index in [4.69, 9.17) is 21.4 Å². The second-order valence-corrected chi connectivity index (χ2v) is 12.7. The van der Waals surface area contributed by atoms with Gasteiger partial charge in [-0.05, 0) is 48.7 Å². The number of rotatable bonds is 4. The Morgan fingerprint density at radius 1 is 1.13 bits per heavy atom. The Kier molecular flexibility index (Phi) is 7.82. The number of carbonyl (C=O) groups is 2. The summed E-state index contributed by atoms with van der Waals surface area (Å²) in [5.74, 6) is 0.697. The highest BCUT2D eigenvalue weighted by Crippen LogP contribution is 2.49. The molecule has 0 saturated carbocycles. The number of thioether (sulfide) groups is 1. The number of amides is 2. The van der Waals surface area contributed by atoms with E-state index < -0.39 is 0 Å². The maximum Gasteiger partial charge on any atom is 0.242 e. The van der Waals surface area contributed by atoms with Crippen molar-refractivity contribution in [3.8, 4) is 5.69 Å². The maximum absolute atomic E-state index is 13.9. The topological polar surface area (TPSA) is 67.7 Å². The number of carbonyl (C=O) groups excluding carboxylic acids is 2. The molecule has 2 aromatic carbocycles. The molecule has 2 amide bonds. The summed E-state index contributed by atoms with van der Waals surface area (Å²) in [5, 5.41) is 5.67. The first kappa shape index (κ1) is 27.7. The molecule has 206 valence electrons. The quantitative estimate of drug-likeness (QED) is 0.419. The Balaban J connectivity index is 1.76. The zero-order chi connectivity index (χ0) is 27.9. The normalized spacial score (nSPS) is 18.2. The highest BCUT2D eigenvalue weighted by atomic mass is 35.5. The largest absolute Gasteiger partial charge is 0.378 e. The average molecular weight is 567 g/mol. The van der Waals surface area contributed by atoms with Gasteiger partial charge in [0.15, 0.2) is 0 Å². The first-order valence-electron chi connectivity index (χ1n) is 13.3. The monoisotopic (exact) mass is 566 g/mol. The minimum absolute atomic E-state index is 0.0468. The van der Waals surface area contributed by atoms with Crippen molar-refractivity contribution in [2.75, 3.05) is 43.5 Å². The molecule has 1 atom stereocenters. The second kappa shape index (κ2) is 11.0. The van der Waals surface area contributed by atoms with E-state index in [1.165, 1.54) is 0 Å². The zero-order valence-corrected chi connectivity index (χ0v) is 24.7. The molecule has 2 aliphatic rings. The number of nitrogens with zero attached hydrogens (tertiary/aromatic N) is 4. The fourth-order valence-electron chi connectivity index (χ4n) is 5.19. The number of aryl methyl sites for hydroxylation is 1. The van der Waals surface area contributed by atoms with Crippen LogP contribution in [0.25, 0.3) is 5.69 Å². The second-order valence-electron chi connectivity index (χ2n) is 11.2. The van der Waals surface area contributed by atoms with Crippen LogP contribution in [0.5, 0.6) is 0 Å². The van der Waals surface area contributed by atoms with Crippen LogP contribution >= 0.6 is 23.4 Å². The number of benzene rings is 2. The third-order valence-corrected chi connectivity index (χ3v) is 8.90. The Bertz CT molecular complexity index is 1410. The lowest BCUT2D eigenvalue weighted by atomic mass is 9.87. The van der Waals surface area contributed by atoms with Crippen molar-refractivity contribution in [1.29, 1.82) is 0 Å². The first-order chi connectivity index (χ1) is 18.6. The number of hydrogen-bond donors (Lipinski definition) is 0. The van der Waals surface area contributed by atoms with Gasteiger partial charge in [-0.3, -0.25) is 14.5 Å². The molecule has 1 saturated heterocycles. The lowest BCUT2D eigenvalue weighted by Gasteiger charge is -2.30. The molecule has 0 N–H and O–H groups in total. The summed E-state index contributed by atoms with van der Waals surface area (Å²) in [4.78, 5) is 30.8. The van der Waals surface area contributed by atoms with Crippen LogP contribution in [0.2, 0.25) is 5.02 Å². The number of morpholine rings is 1. The van der Waals surface area contributed by atoms with E-state index in [0.717, 1.165) is 33.6 Å². The van der Waals surface area contributed by atoms with E-state index in [0.29, 0.717) is 37.1 Å². The van der Waals surface area contributed by atoms with Gasteiger partial charge in [0.05, 0.1) is 35.6 Å². The van der Waals surface area contributed by atoms with Gasteiger partial charge >= 0.3 is 0 Å². The third kappa shape index (κ3) is 5.47. The number of fused-ring (bicyclic) bond motifs is 1. The van der Waals surface area contributed by atoms with Gasteiger partial charge in [0.1, 0.15) is 12.4 Å². The number of aromatic nitrogens is 2. The number of anilines is 1. The molecule has 39 heavy (non-hydrogen) atoms. The lowest BCUT2D eigenvalue weighted by Crippen LogP contribution is -2.48. The van der Waals surface area contributed by atoms with Gasteiger partial charge in [-0.2, -0.15) is 5.10 Å². The van der Waals surface area contributed by atoms with Gasteiger partial charge in [-0.15, -0.1) is 11.8 Å². The van der Waals surface area contributed by atoms with Crippen molar-refractivity contribution in [2.45, 2.75) is 45.3 Å². The van der Waals surface area contributed by atoms with Crippen molar-refractivity contribution in [1.82, 2.24) is 14.7 Å². The van der Waals surface area contributed by atoms with Crippen LogP contribution in [0.4, 0.5) is 5.82 Å². The Morgan fingerprint density at radius 3 is 2.54 bits per heavy atom.